The summed E-state index contributed by atoms with van der Waals surface area (Å²) in [5.41, 5.74) is 0. The van der Waals surface area contributed by atoms with E-state index in [1.807, 2.05) is 0 Å². The second-order valence-electron chi connectivity index (χ2n) is 10.2. The molecular formula is C24H42N2O4. The fourth-order valence-electron chi connectivity index (χ4n) is 5.83. The minimum atomic E-state index is -0.251. The van der Waals surface area contributed by atoms with E-state index < -0.39 is 0 Å². The number of ether oxygens (including phenoxy) is 1. The number of aliphatic hydroxyl groups excluding tert-OH is 1. The van der Waals surface area contributed by atoms with Gasteiger partial charge in [0.2, 0.25) is 5.91 Å². The van der Waals surface area contributed by atoms with E-state index in [0.29, 0.717) is 24.5 Å². The summed E-state index contributed by atoms with van der Waals surface area (Å²) in [5.74, 6) is 2.57. The predicted octanol–water partition coefficient (Wildman–Crippen LogP) is 4.16. The molecule has 30 heavy (non-hydrogen) atoms. The van der Waals surface area contributed by atoms with Crippen LogP contribution in [-0.2, 0) is 9.53 Å². The molecule has 0 aromatic carbocycles. The van der Waals surface area contributed by atoms with Gasteiger partial charge in [-0.05, 0) is 107 Å². The summed E-state index contributed by atoms with van der Waals surface area (Å²) < 4.78 is 5.50. The highest BCUT2D eigenvalue weighted by molar-refractivity contribution is 5.73. The van der Waals surface area contributed by atoms with Gasteiger partial charge in [0, 0.05) is 25.6 Å². The van der Waals surface area contributed by atoms with Crippen LogP contribution in [0, 0.1) is 23.7 Å². The molecule has 0 heterocycles. The summed E-state index contributed by atoms with van der Waals surface area (Å²) in [6.07, 6.45) is 14.5. The molecule has 2 amide bonds. The Morgan fingerprint density at radius 3 is 1.70 bits per heavy atom. The third-order valence-corrected chi connectivity index (χ3v) is 7.76. The lowest BCUT2D eigenvalue weighted by Gasteiger charge is -2.34. The van der Waals surface area contributed by atoms with Gasteiger partial charge in [0.25, 0.3) is 0 Å². The Hall–Kier alpha value is -1.30. The normalized spacial score (nSPS) is 34.7. The molecule has 3 aliphatic carbocycles. The third-order valence-electron chi connectivity index (χ3n) is 7.76. The minimum absolute atomic E-state index is 0.0943. The van der Waals surface area contributed by atoms with Gasteiger partial charge in [0.15, 0.2) is 0 Å². The summed E-state index contributed by atoms with van der Waals surface area (Å²) in [6.45, 7) is 2.41. The largest absolute Gasteiger partial charge is 0.449 e. The Morgan fingerprint density at radius 1 is 0.733 bits per heavy atom. The Balaban J connectivity index is 1.25. The Morgan fingerprint density at radius 2 is 1.20 bits per heavy atom. The molecule has 0 aromatic heterocycles. The van der Waals surface area contributed by atoms with Crippen LogP contribution < -0.4 is 10.6 Å². The van der Waals surface area contributed by atoms with Crippen LogP contribution >= 0.6 is 0 Å². The molecule has 3 saturated carbocycles. The van der Waals surface area contributed by atoms with Gasteiger partial charge in [-0.2, -0.15) is 0 Å². The first-order valence-electron chi connectivity index (χ1n) is 12.3. The zero-order valence-corrected chi connectivity index (χ0v) is 18.7. The number of nitrogens with one attached hydrogen (secondary N) is 2. The molecule has 6 heteroatoms. The smallest absolute Gasteiger partial charge is 0.407 e. The SMILES string of the molecule is CC(=O)NC1CCC(CC2CCC(NC(=O)OCC3CCC(CO)CC3)CC2)CC1. The van der Waals surface area contributed by atoms with Crippen LogP contribution in [-0.4, -0.2) is 42.4 Å². The molecule has 0 unspecified atom stereocenters. The van der Waals surface area contributed by atoms with Gasteiger partial charge in [0.05, 0.1) is 6.61 Å². The summed E-state index contributed by atoms with van der Waals surface area (Å²) in [6, 6.07) is 0.642. The molecule has 3 rings (SSSR count). The Bertz CT molecular complexity index is 531. The minimum Gasteiger partial charge on any atom is -0.449 e. The number of hydrogen-bond acceptors (Lipinski definition) is 4. The molecule has 0 spiro atoms. The Kier molecular flexibility index (Phi) is 9.28. The Labute approximate surface area is 181 Å². The fraction of sp³-hybridized carbons (Fsp3) is 0.917. The number of hydrogen-bond donors (Lipinski definition) is 3. The molecule has 0 saturated heterocycles. The molecular weight excluding hydrogens is 380 g/mol. The maximum Gasteiger partial charge on any atom is 0.407 e. The number of rotatable bonds is 7. The van der Waals surface area contributed by atoms with Gasteiger partial charge in [0.1, 0.15) is 0 Å². The van der Waals surface area contributed by atoms with E-state index in [9.17, 15) is 14.7 Å². The van der Waals surface area contributed by atoms with Crippen molar-refractivity contribution in [3.05, 3.63) is 0 Å². The highest BCUT2D eigenvalue weighted by Gasteiger charge is 2.28. The van der Waals surface area contributed by atoms with Gasteiger partial charge >= 0.3 is 6.09 Å². The molecule has 0 aromatic rings. The van der Waals surface area contributed by atoms with Crippen LogP contribution in [0.3, 0.4) is 0 Å². The van der Waals surface area contributed by atoms with Crippen molar-refractivity contribution in [1.29, 1.82) is 0 Å². The van der Waals surface area contributed by atoms with Crippen LogP contribution in [0.2, 0.25) is 0 Å². The van der Waals surface area contributed by atoms with Crippen molar-refractivity contribution < 1.29 is 19.4 Å². The first kappa shape index (κ1) is 23.4. The van der Waals surface area contributed by atoms with Crippen molar-refractivity contribution in [1.82, 2.24) is 10.6 Å². The molecule has 3 aliphatic rings. The van der Waals surface area contributed by atoms with E-state index in [1.54, 1.807) is 6.92 Å². The summed E-state index contributed by atoms with van der Waals surface area (Å²) in [4.78, 5) is 23.4. The lowest BCUT2D eigenvalue weighted by molar-refractivity contribution is -0.119. The third kappa shape index (κ3) is 7.75. The number of aliphatic hydroxyl groups is 1. The summed E-state index contributed by atoms with van der Waals surface area (Å²) in [5, 5.41) is 15.4. The van der Waals surface area contributed by atoms with Crippen LogP contribution in [0.4, 0.5) is 4.79 Å². The van der Waals surface area contributed by atoms with Gasteiger partial charge in [-0.1, -0.05) is 0 Å². The van der Waals surface area contributed by atoms with Crippen molar-refractivity contribution >= 4 is 12.0 Å². The molecule has 3 fully saturated rings. The number of amides is 2. The first-order chi connectivity index (χ1) is 14.5. The zero-order valence-electron chi connectivity index (χ0n) is 18.7. The van der Waals surface area contributed by atoms with Crippen molar-refractivity contribution in [2.45, 2.75) is 102 Å². The maximum absolute atomic E-state index is 12.2. The van der Waals surface area contributed by atoms with Crippen molar-refractivity contribution in [3.8, 4) is 0 Å². The molecule has 0 atom stereocenters. The summed E-state index contributed by atoms with van der Waals surface area (Å²) in [7, 11) is 0. The number of alkyl carbamates (subject to hydrolysis) is 1. The lowest BCUT2D eigenvalue weighted by Crippen LogP contribution is -2.39. The lowest BCUT2D eigenvalue weighted by atomic mass is 9.75. The second kappa shape index (κ2) is 11.9. The monoisotopic (exact) mass is 422 g/mol. The number of carbonyl (C=O) groups is 2. The van der Waals surface area contributed by atoms with E-state index in [1.165, 1.54) is 32.1 Å². The van der Waals surface area contributed by atoms with E-state index >= 15 is 0 Å². The standard InChI is InChI=1S/C24H42N2O4/c1-17(28)25-22-10-6-18(7-11-22)14-19-8-12-23(13-9-19)26-24(29)30-16-21-4-2-20(15-27)3-5-21/h18-23,27H,2-16H2,1H3,(H,25,28)(H,26,29). The highest BCUT2D eigenvalue weighted by atomic mass is 16.5. The van der Waals surface area contributed by atoms with Crippen molar-refractivity contribution in [2.24, 2.45) is 23.7 Å². The average molecular weight is 423 g/mol. The molecule has 0 aliphatic heterocycles. The van der Waals surface area contributed by atoms with E-state index in [-0.39, 0.29) is 24.6 Å². The van der Waals surface area contributed by atoms with E-state index in [4.69, 9.17) is 4.74 Å². The van der Waals surface area contributed by atoms with Gasteiger partial charge in [-0.3, -0.25) is 4.79 Å². The van der Waals surface area contributed by atoms with Crippen LogP contribution in [0.15, 0.2) is 0 Å². The molecule has 0 radical (unpaired) electrons. The topological polar surface area (TPSA) is 87.7 Å². The number of carbonyl (C=O) groups excluding carboxylic acids is 2. The zero-order chi connectivity index (χ0) is 21.3. The highest BCUT2D eigenvalue weighted by Crippen LogP contribution is 2.35. The quantitative estimate of drug-likeness (QED) is 0.575. The first-order valence-corrected chi connectivity index (χ1v) is 12.3. The van der Waals surface area contributed by atoms with E-state index in [0.717, 1.165) is 63.2 Å². The summed E-state index contributed by atoms with van der Waals surface area (Å²) >= 11 is 0. The van der Waals surface area contributed by atoms with Gasteiger partial charge in [-0.15, -0.1) is 0 Å². The molecule has 3 N–H and O–H groups in total. The van der Waals surface area contributed by atoms with Crippen LogP contribution in [0.5, 0.6) is 0 Å². The average Bonchev–Trinajstić information content (AvgIpc) is 2.75. The van der Waals surface area contributed by atoms with Crippen molar-refractivity contribution in [3.63, 3.8) is 0 Å². The second-order valence-corrected chi connectivity index (χ2v) is 10.2. The maximum atomic E-state index is 12.2. The predicted molar refractivity (Wildman–Crippen MR) is 117 cm³/mol. The van der Waals surface area contributed by atoms with E-state index in [2.05, 4.69) is 10.6 Å². The van der Waals surface area contributed by atoms with Gasteiger partial charge < -0.3 is 20.5 Å². The fourth-order valence-corrected chi connectivity index (χ4v) is 5.83. The molecule has 6 nitrogen and oxygen atoms in total. The van der Waals surface area contributed by atoms with Crippen molar-refractivity contribution in [2.75, 3.05) is 13.2 Å². The van der Waals surface area contributed by atoms with Crippen LogP contribution in [0.25, 0.3) is 0 Å². The molecule has 172 valence electrons. The van der Waals surface area contributed by atoms with Crippen LogP contribution in [0.1, 0.15) is 90.4 Å². The van der Waals surface area contributed by atoms with Gasteiger partial charge in [-0.25, -0.2) is 4.79 Å². The molecule has 0 bridgehead atoms.